The summed E-state index contributed by atoms with van der Waals surface area (Å²) in [6, 6.07) is 22.3. The van der Waals surface area contributed by atoms with Crippen LogP contribution in [0.25, 0.3) is 0 Å². The van der Waals surface area contributed by atoms with Gasteiger partial charge in [0.05, 0.1) is 10.7 Å². The van der Waals surface area contributed by atoms with Crippen molar-refractivity contribution in [2.24, 2.45) is 0 Å². The Kier molecular flexibility index (Phi) is 8.40. The topological polar surface area (TPSA) is 73.9 Å². The zero-order chi connectivity index (χ0) is 25.5. The van der Waals surface area contributed by atoms with Crippen LogP contribution in [-0.2, 0) is 4.79 Å². The molecule has 3 aromatic rings. The van der Waals surface area contributed by atoms with Crippen molar-refractivity contribution in [2.45, 2.75) is 6.92 Å². The highest BCUT2D eigenvalue weighted by molar-refractivity contribution is 7.80. The molecule has 1 fully saturated rings. The third-order valence-corrected chi connectivity index (χ3v) is 6.35. The summed E-state index contributed by atoms with van der Waals surface area (Å²) in [6.45, 7) is 4.36. The molecule has 1 aliphatic rings. The van der Waals surface area contributed by atoms with Gasteiger partial charge < -0.3 is 19.9 Å². The number of nitrogens with zero attached hydrogens (tertiary/aromatic N) is 2. The molecule has 0 aromatic heterocycles. The number of ether oxygens (including phenoxy) is 1. The van der Waals surface area contributed by atoms with E-state index in [-0.39, 0.29) is 23.5 Å². The maximum Gasteiger partial charge on any atom is 0.264 e. The molecule has 186 valence electrons. The van der Waals surface area contributed by atoms with Crippen LogP contribution in [0.3, 0.4) is 0 Å². The van der Waals surface area contributed by atoms with Gasteiger partial charge in [-0.3, -0.25) is 14.9 Å². The number of thiocarbonyl (C=S) groups is 1. The van der Waals surface area contributed by atoms with Gasteiger partial charge in [-0.2, -0.15) is 0 Å². The molecule has 2 N–H and O–H groups in total. The van der Waals surface area contributed by atoms with E-state index in [4.69, 9.17) is 28.6 Å². The molecule has 0 aliphatic carbocycles. The second kappa shape index (κ2) is 11.9. The molecule has 0 spiro atoms. The van der Waals surface area contributed by atoms with Crippen molar-refractivity contribution in [2.75, 3.05) is 43.0 Å². The van der Waals surface area contributed by atoms with Crippen molar-refractivity contribution >= 4 is 52.1 Å². The lowest BCUT2D eigenvalue weighted by Crippen LogP contribution is -2.48. The fraction of sp³-hybridized carbons (Fsp3) is 0.222. The lowest BCUT2D eigenvalue weighted by molar-refractivity contribution is -0.121. The minimum absolute atomic E-state index is 0.0424. The van der Waals surface area contributed by atoms with Crippen LogP contribution < -0.4 is 20.3 Å². The third-order valence-electron chi connectivity index (χ3n) is 5.84. The quantitative estimate of drug-likeness (QED) is 0.464. The van der Waals surface area contributed by atoms with Crippen LogP contribution in [0.5, 0.6) is 5.75 Å². The summed E-state index contributed by atoms with van der Waals surface area (Å²) in [7, 11) is 0. The Labute approximate surface area is 221 Å². The number of nitrogens with one attached hydrogen (secondary N) is 2. The molecule has 0 unspecified atom stereocenters. The van der Waals surface area contributed by atoms with Crippen LogP contribution >= 0.6 is 23.8 Å². The van der Waals surface area contributed by atoms with E-state index in [1.807, 2.05) is 78.6 Å². The van der Waals surface area contributed by atoms with Gasteiger partial charge in [0, 0.05) is 37.4 Å². The molecule has 0 atom stereocenters. The molecule has 0 saturated carbocycles. The fourth-order valence-corrected chi connectivity index (χ4v) is 4.47. The van der Waals surface area contributed by atoms with Crippen molar-refractivity contribution in [3.05, 3.63) is 88.9 Å². The number of hydrogen-bond acceptors (Lipinski definition) is 5. The fourth-order valence-electron chi connectivity index (χ4n) is 3.94. The number of halogens is 1. The number of amides is 2. The molecule has 0 bridgehead atoms. The average Bonchev–Trinajstić information content (AvgIpc) is 2.88. The second-order valence-corrected chi connectivity index (χ2v) is 9.18. The zero-order valence-corrected chi connectivity index (χ0v) is 21.4. The number of hydrogen-bond donors (Lipinski definition) is 2. The SMILES string of the molecule is Cc1ccccc1OCC(=O)NC(=S)Nc1ccc(N2CCN(C(=O)c3ccccc3)CC2)c(Cl)c1. The van der Waals surface area contributed by atoms with Gasteiger partial charge in [-0.25, -0.2) is 0 Å². The predicted molar refractivity (Wildman–Crippen MR) is 147 cm³/mol. The Hall–Kier alpha value is -3.62. The van der Waals surface area contributed by atoms with Gasteiger partial charge in [0.15, 0.2) is 11.7 Å². The van der Waals surface area contributed by atoms with Crippen LogP contribution in [-0.4, -0.2) is 54.6 Å². The molecule has 3 aromatic carbocycles. The van der Waals surface area contributed by atoms with Crippen LogP contribution in [0.4, 0.5) is 11.4 Å². The van der Waals surface area contributed by atoms with Crippen molar-refractivity contribution < 1.29 is 14.3 Å². The smallest absolute Gasteiger partial charge is 0.264 e. The number of carbonyl (C=O) groups is 2. The first-order valence-electron chi connectivity index (χ1n) is 11.6. The number of carbonyl (C=O) groups excluding carboxylic acids is 2. The lowest BCUT2D eigenvalue weighted by atomic mass is 10.1. The average molecular weight is 523 g/mol. The number of benzene rings is 3. The molecule has 9 heteroatoms. The van der Waals surface area contributed by atoms with Crippen LogP contribution in [0, 0.1) is 6.92 Å². The van der Waals surface area contributed by atoms with E-state index in [9.17, 15) is 9.59 Å². The summed E-state index contributed by atoms with van der Waals surface area (Å²) in [5, 5.41) is 6.30. The highest BCUT2D eigenvalue weighted by Crippen LogP contribution is 2.30. The molecule has 2 amide bonds. The molecule has 1 saturated heterocycles. The lowest BCUT2D eigenvalue weighted by Gasteiger charge is -2.36. The van der Waals surface area contributed by atoms with Gasteiger partial charge in [0.1, 0.15) is 5.75 Å². The van der Waals surface area contributed by atoms with Gasteiger partial charge >= 0.3 is 0 Å². The second-order valence-electron chi connectivity index (χ2n) is 8.37. The van der Waals surface area contributed by atoms with Gasteiger partial charge in [-0.1, -0.05) is 48.0 Å². The van der Waals surface area contributed by atoms with Crippen LogP contribution in [0.2, 0.25) is 5.02 Å². The van der Waals surface area contributed by atoms with E-state index in [0.717, 1.165) is 11.3 Å². The Balaban J connectivity index is 1.26. The van der Waals surface area contributed by atoms with E-state index in [1.165, 1.54) is 0 Å². The minimum atomic E-state index is -0.360. The molecule has 1 heterocycles. The molecule has 4 rings (SSSR count). The van der Waals surface area contributed by atoms with Gasteiger partial charge in [0.25, 0.3) is 11.8 Å². The highest BCUT2D eigenvalue weighted by atomic mass is 35.5. The van der Waals surface area contributed by atoms with E-state index in [2.05, 4.69) is 15.5 Å². The van der Waals surface area contributed by atoms with Crippen molar-refractivity contribution in [3.63, 3.8) is 0 Å². The maximum absolute atomic E-state index is 12.7. The van der Waals surface area contributed by atoms with E-state index in [0.29, 0.717) is 48.2 Å². The Bertz CT molecular complexity index is 1250. The minimum Gasteiger partial charge on any atom is -0.483 e. The van der Waals surface area contributed by atoms with Gasteiger partial charge in [-0.05, 0) is 61.1 Å². The standard InChI is InChI=1S/C27H27ClN4O3S/c1-19-7-5-6-10-24(19)35-18-25(33)30-27(36)29-21-11-12-23(22(28)17-21)31-13-15-32(16-14-31)26(34)20-8-3-2-4-9-20/h2-12,17H,13-16,18H2,1H3,(H2,29,30,33,36). The monoisotopic (exact) mass is 522 g/mol. The van der Waals surface area contributed by atoms with E-state index in [1.54, 1.807) is 6.07 Å². The van der Waals surface area contributed by atoms with Crippen molar-refractivity contribution in [1.82, 2.24) is 10.2 Å². The maximum atomic E-state index is 12.7. The number of piperazine rings is 1. The summed E-state index contributed by atoms with van der Waals surface area (Å²) in [6.07, 6.45) is 0. The van der Waals surface area contributed by atoms with Crippen LogP contribution in [0.1, 0.15) is 15.9 Å². The largest absolute Gasteiger partial charge is 0.483 e. The third kappa shape index (κ3) is 6.53. The summed E-state index contributed by atoms with van der Waals surface area (Å²) in [5.41, 5.74) is 3.19. The zero-order valence-electron chi connectivity index (χ0n) is 19.9. The van der Waals surface area contributed by atoms with Gasteiger partial charge in [-0.15, -0.1) is 0 Å². The first-order valence-corrected chi connectivity index (χ1v) is 12.4. The molecule has 7 nitrogen and oxygen atoms in total. The Morgan fingerprint density at radius 1 is 0.972 bits per heavy atom. The number of anilines is 2. The number of para-hydroxylation sites is 1. The van der Waals surface area contributed by atoms with Crippen molar-refractivity contribution in [3.8, 4) is 5.75 Å². The predicted octanol–water partition coefficient (Wildman–Crippen LogP) is 4.50. The molecule has 1 aliphatic heterocycles. The Morgan fingerprint density at radius 2 is 1.67 bits per heavy atom. The van der Waals surface area contributed by atoms with Crippen LogP contribution in [0.15, 0.2) is 72.8 Å². The summed E-state index contributed by atoms with van der Waals surface area (Å²) >= 11 is 11.8. The van der Waals surface area contributed by atoms with Crippen molar-refractivity contribution in [1.29, 1.82) is 0 Å². The molecule has 36 heavy (non-hydrogen) atoms. The normalized spacial score (nSPS) is 13.2. The molecule has 0 radical (unpaired) electrons. The molecular weight excluding hydrogens is 496 g/mol. The first kappa shape index (κ1) is 25.5. The highest BCUT2D eigenvalue weighted by Gasteiger charge is 2.23. The summed E-state index contributed by atoms with van der Waals surface area (Å²) in [4.78, 5) is 28.9. The molecular formula is C27H27ClN4O3S. The summed E-state index contributed by atoms with van der Waals surface area (Å²) in [5.74, 6) is 0.335. The van der Waals surface area contributed by atoms with E-state index < -0.39 is 0 Å². The Morgan fingerprint density at radius 3 is 2.36 bits per heavy atom. The number of aryl methyl sites for hydroxylation is 1. The summed E-state index contributed by atoms with van der Waals surface area (Å²) < 4.78 is 5.55. The first-order chi connectivity index (χ1) is 17.4. The van der Waals surface area contributed by atoms with E-state index >= 15 is 0 Å². The number of rotatable bonds is 6. The van der Waals surface area contributed by atoms with Gasteiger partial charge in [0.2, 0.25) is 0 Å².